The summed E-state index contributed by atoms with van der Waals surface area (Å²) in [7, 11) is 0. The molecule has 0 radical (unpaired) electrons. The molecule has 0 unspecified atom stereocenters. The first-order chi connectivity index (χ1) is 11.6. The third kappa shape index (κ3) is 2.54. The summed E-state index contributed by atoms with van der Waals surface area (Å²) in [5.74, 6) is 0. The van der Waals surface area contributed by atoms with Crippen molar-refractivity contribution in [2.45, 2.75) is 6.92 Å². The fourth-order valence-electron chi connectivity index (χ4n) is 2.63. The van der Waals surface area contributed by atoms with Gasteiger partial charge in [-0.3, -0.25) is 9.36 Å². The van der Waals surface area contributed by atoms with Gasteiger partial charge in [-0.15, -0.1) is 11.3 Å². The van der Waals surface area contributed by atoms with Gasteiger partial charge < -0.3 is 0 Å². The molecule has 2 heterocycles. The molecule has 0 spiro atoms. The average molecular weight is 353 g/mol. The Morgan fingerprint density at radius 1 is 1.04 bits per heavy atom. The van der Waals surface area contributed by atoms with Gasteiger partial charge in [0.25, 0.3) is 5.56 Å². The largest absolute Gasteiger partial charge is 0.275 e. The minimum Gasteiger partial charge on any atom is -0.267 e. The summed E-state index contributed by atoms with van der Waals surface area (Å²) in [5.41, 5.74) is 4.71. The van der Waals surface area contributed by atoms with Crippen molar-refractivity contribution in [1.29, 1.82) is 0 Å². The number of fused-ring (bicyclic) bond motifs is 1. The van der Waals surface area contributed by atoms with E-state index in [0.717, 1.165) is 22.3 Å². The smallest absolute Gasteiger partial charge is 0.267 e. The number of benzene rings is 2. The molecular formula is C19H13ClN2OS. The molecule has 0 saturated heterocycles. The van der Waals surface area contributed by atoms with Crippen LogP contribution >= 0.6 is 22.9 Å². The number of rotatable bonds is 2. The summed E-state index contributed by atoms with van der Waals surface area (Å²) in [4.78, 5) is 17.4. The van der Waals surface area contributed by atoms with Crippen LogP contribution in [0, 0.1) is 6.92 Å². The predicted octanol–water partition coefficient (Wildman–Crippen LogP) is 5.08. The molecule has 5 heteroatoms. The molecule has 0 amide bonds. The van der Waals surface area contributed by atoms with Crippen molar-refractivity contribution in [2.75, 3.05) is 0 Å². The number of nitrogens with zero attached hydrogens (tertiary/aromatic N) is 2. The third-order valence-corrected chi connectivity index (χ3v) is 5.16. The topological polar surface area (TPSA) is 34.9 Å². The van der Waals surface area contributed by atoms with E-state index in [1.54, 1.807) is 23.0 Å². The van der Waals surface area contributed by atoms with Crippen LogP contribution in [-0.2, 0) is 0 Å². The highest BCUT2D eigenvalue weighted by atomic mass is 35.5. The Morgan fingerprint density at radius 2 is 1.75 bits per heavy atom. The second-order valence-corrected chi connectivity index (χ2v) is 6.91. The highest BCUT2D eigenvalue weighted by molar-refractivity contribution is 7.17. The number of thiophene rings is 1. The van der Waals surface area contributed by atoms with Crippen molar-refractivity contribution < 1.29 is 0 Å². The van der Waals surface area contributed by atoms with Crippen LogP contribution in [0.2, 0.25) is 5.02 Å². The first-order valence-electron chi connectivity index (χ1n) is 7.45. The normalized spacial score (nSPS) is 11.1. The van der Waals surface area contributed by atoms with Crippen molar-refractivity contribution in [2.24, 2.45) is 0 Å². The molecule has 4 rings (SSSR count). The monoisotopic (exact) mass is 352 g/mol. The van der Waals surface area contributed by atoms with Crippen LogP contribution < -0.4 is 5.56 Å². The third-order valence-electron chi connectivity index (χ3n) is 3.95. The maximum atomic E-state index is 12.8. The lowest BCUT2D eigenvalue weighted by molar-refractivity contribution is 0.967. The standard InChI is InChI=1S/C19H13ClN2OS/c1-12-2-4-13(5-3-12)16-10-24-18-17(16)21-11-22(19(18)23)15-8-6-14(20)7-9-15/h2-11H,1H3. The van der Waals surface area contributed by atoms with Crippen molar-refractivity contribution in [3.8, 4) is 16.8 Å². The fourth-order valence-corrected chi connectivity index (χ4v) is 3.72. The lowest BCUT2D eigenvalue weighted by atomic mass is 10.1. The molecule has 0 atom stereocenters. The van der Waals surface area contributed by atoms with E-state index >= 15 is 0 Å². The van der Waals surface area contributed by atoms with Crippen LogP contribution in [0.15, 0.2) is 65.0 Å². The molecule has 0 saturated carbocycles. The van der Waals surface area contributed by atoms with Crippen LogP contribution in [0.25, 0.3) is 27.0 Å². The van der Waals surface area contributed by atoms with Crippen molar-refractivity contribution >= 4 is 33.2 Å². The van der Waals surface area contributed by atoms with Crippen molar-refractivity contribution in [1.82, 2.24) is 9.55 Å². The fraction of sp³-hybridized carbons (Fsp3) is 0.0526. The van der Waals surface area contributed by atoms with E-state index in [1.165, 1.54) is 16.9 Å². The predicted molar refractivity (Wildman–Crippen MR) is 100 cm³/mol. The van der Waals surface area contributed by atoms with Gasteiger partial charge >= 0.3 is 0 Å². The Kier molecular flexibility index (Phi) is 3.71. The second kappa shape index (κ2) is 5.89. The van der Waals surface area contributed by atoms with E-state index in [2.05, 4.69) is 36.2 Å². The molecule has 118 valence electrons. The highest BCUT2D eigenvalue weighted by Crippen LogP contribution is 2.31. The van der Waals surface area contributed by atoms with Gasteiger partial charge in [0.2, 0.25) is 0 Å². The van der Waals surface area contributed by atoms with E-state index in [4.69, 9.17) is 11.6 Å². The first kappa shape index (κ1) is 15.1. The maximum Gasteiger partial charge on any atom is 0.275 e. The van der Waals surface area contributed by atoms with E-state index < -0.39 is 0 Å². The van der Waals surface area contributed by atoms with Crippen LogP contribution in [0.5, 0.6) is 0 Å². The Bertz CT molecular complexity index is 1080. The molecule has 2 aromatic heterocycles. The van der Waals surface area contributed by atoms with Gasteiger partial charge in [-0.2, -0.15) is 0 Å². The summed E-state index contributed by atoms with van der Waals surface area (Å²) in [6.07, 6.45) is 1.58. The quantitative estimate of drug-likeness (QED) is 0.504. The Hall–Kier alpha value is -2.43. The lowest BCUT2D eigenvalue weighted by Gasteiger charge is -2.06. The summed E-state index contributed by atoms with van der Waals surface area (Å²) in [6.45, 7) is 2.05. The molecule has 0 aliphatic heterocycles. The minimum absolute atomic E-state index is 0.0642. The van der Waals surface area contributed by atoms with Gasteiger partial charge in [0.1, 0.15) is 11.0 Å². The van der Waals surface area contributed by atoms with Crippen LogP contribution in [0.4, 0.5) is 0 Å². The van der Waals surface area contributed by atoms with E-state index in [0.29, 0.717) is 9.72 Å². The number of aryl methyl sites for hydroxylation is 1. The lowest BCUT2D eigenvalue weighted by Crippen LogP contribution is -2.17. The Morgan fingerprint density at radius 3 is 2.46 bits per heavy atom. The molecule has 0 aliphatic rings. The first-order valence-corrected chi connectivity index (χ1v) is 8.71. The zero-order valence-corrected chi connectivity index (χ0v) is 14.4. The SMILES string of the molecule is Cc1ccc(-c2csc3c(=O)n(-c4ccc(Cl)cc4)cnc23)cc1. The van der Waals surface area contributed by atoms with Gasteiger partial charge in [0.05, 0.1) is 11.2 Å². The van der Waals surface area contributed by atoms with Gasteiger partial charge in [-0.1, -0.05) is 41.4 Å². The maximum absolute atomic E-state index is 12.8. The summed E-state index contributed by atoms with van der Waals surface area (Å²) < 4.78 is 2.21. The number of hydrogen-bond donors (Lipinski definition) is 0. The molecule has 0 fully saturated rings. The number of hydrogen-bond acceptors (Lipinski definition) is 3. The van der Waals surface area contributed by atoms with Gasteiger partial charge in [-0.05, 0) is 36.8 Å². The van der Waals surface area contributed by atoms with Gasteiger partial charge in [0.15, 0.2) is 0 Å². The van der Waals surface area contributed by atoms with E-state index in [1.807, 2.05) is 17.5 Å². The number of halogens is 1. The van der Waals surface area contributed by atoms with Crippen LogP contribution in [0.1, 0.15) is 5.56 Å². The van der Waals surface area contributed by atoms with E-state index in [-0.39, 0.29) is 5.56 Å². The van der Waals surface area contributed by atoms with Gasteiger partial charge in [0, 0.05) is 16.0 Å². The van der Waals surface area contributed by atoms with E-state index in [9.17, 15) is 4.79 Å². The molecular weight excluding hydrogens is 340 g/mol. The zero-order chi connectivity index (χ0) is 16.7. The molecule has 24 heavy (non-hydrogen) atoms. The van der Waals surface area contributed by atoms with Crippen molar-refractivity contribution in [3.63, 3.8) is 0 Å². The zero-order valence-electron chi connectivity index (χ0n) is 12.9. The highest BCUT2D eigenvalue weighted by Gasteiger charge is 2.13. The summed E-state index contributed by atoms with van der Waals surface area (Å²) in [5, 5.41) is 2.63. The van der Waals surface area contributed by atoms with Crippen LogP contribution in [0.3, 0.4) is 0 Å². The van der Waals surface area contributed by atoms with Gasteiger partial charge in [-0.25, -0.2) is 4.98 Å². The minimum atomic E-state index is -0.0642. The molecule has 0 bridgehead atoms. The molecule has 2 aromatic carbocycles. The molecule has 3 nitrogen and oxygen atoms in total. The van der Waals surface area contributed by atoms with Crippen molar-refractivity contribution in [3.05, 3.63) is 81.2 Å². The average Bonchev–Trinajstić information content (AvgIpc) is 3.02. The summed E-state index contributed by atoms with van der Waals surface area (Å²) >= 11 is 7.34. The second-order valence-electron chi connectivity index (χ2n) is 5.59. The molecule has 0 aliphatic carbocycles. The number of aromatic nitrogens is 2. The Labute approximate surface area is 147 Å². The Balaban J connectivity index is 1.88. The summed E-state index contributed by atoms with van der Waals surface area (Å²) in [6, 6.07) is 15.4. The van der Waals surface area contributed by atoms with Crippen LogP contribution in [-0.4, -0.2) is 9.55 Å². The molecule has 4 aromatic rings. The molecule has 0 N–H and O–H groups in total.